The quantitative estimate of drug-likeness (QED) is 0.122. The minimum absolute atomic E-state index is 0.0448. The van der Waals surface area contributed by atoms with Crippen LogP contribution in [0.2, 0.25) is 0 Å². The molecule has 14 heteroatoms. The Morgan fingerprint density at radius 2 is 1.41 bits per heavy atom. The van der Waals surface area contributed by atoms with Gasteiger partial charge in [-0.05, 0) is 173 Å². The van der Waals surface area contributed by atoms with Gasteiger partial charge in [-0.15, -0.1) is 0 Å². The number of nitrogens with one attached hydrogen (secondary N) is 2. The molecule has 0 unspecified atom stereocenters. The van der Waals surface area contributed by atoms with Crippen molar-refractivity contribution in [2.75, 3.05) is 70.8 Å². The SMILES string of the molecule is CC(C)(C)OC(=O)CN1CCC(C(=O)O)CC1.CCCCOC(=O)CN1CCC(C(=O)NCCCc2ccc3c(n2)NCCC3)CC1.NCCCc1ccc2c(n1)CCCC2. The standard InChI is InChI=1S/C23H36N4O3.C12H18N2.C12H21NO4/c1-2-3-16-30-21(28)17-27-14-10-19(11-15-27)23(29)25-13-5-7-20-9-8-18-6-4-12-24-22(18)26-20;13-9-3-5-11-8-7-10-4-1-2-6-12(10)14-11;1-12(2,3)17-10(14)8-13-6-4-9(5-7-13)11(15)16/h8-9,19H,2-7,10-17H2,1H3,(H,24,26)(H,25,29);7-8H,1-6,9,13H2;9H,4-8H2,1-3H3,(H,15,16). The lowest BCUT2D eigenvalue weighted by atomic mass is 9.95. The molecule has 3 aliphatic heterocycles. The number of hydrogen-bond donors (Lipinski definition) is 4. The predicted molar refractivity (Wildman–Crippen MR) is 238 cm³/mol. The van der Waals surface area contributed by atoms with E-state index >= 15 is 0 Å². The van der Waals surface area contributed by atoms with E-state index in [1.807, 2.05) is 25.7 Å². The third-order valence-corrected chi connectivity index (χ3v) is 11.5. The molecule has 0 atom stereocenters. The van der Waals surface area contributed by atoms with Crippen LogP contribution < -0.4 is 16.4 Å². The van der Waals surface area contributed by atoms with Crippen molar-refractivity contribution < 1.29 is 33.8 Å². The van der Waals surface area contributed by atoms with Gasteiger partial charge in [0.1, 0.15) is 11.4 Å². The monoisotopic (exact) mass is 850 g/mol. The molecule has 5 heterocycles. The topological polar surface area (TPSA) is 189 Å². The van der Waals surface area contributed by atoms with E-state index in [9.17, 15) is 19.2 Å². The fraction of sp³-hybridized carbons (Fsp3) is 0.702. The molecule has 61 heavy (non-hydrogen) atoms. The highest BCUT2D eigenvalue weighted by Gasteiger charge is 2.28. The molecule has 0 spiro atoms. The number of carbonyl (C=O) groups is 4. The van der Waals surface area contributed by atoms with Crippen molar-refractivity contribution in [1.29, 1.82) is 0 Å². The number of pyridine rings is 2. The summed E-state index contributed by atoms with van der Waals surface area (Å²) in [6.45, 7) is 13.9. The molecule has 2 aromatic rings. The number of piperidine rings is 2. The number of nitrogens with two attached hydrogens (primary N) is 1. The zero-order chi connectivity index (χ0) is 44.0. The van der Waals surface area contributed by atoms with Crippen LogP contribution in [0.15, 0.2) is 24.3 Å². The van der Waals surface area contributed by atoms with Gasteiger partial charge in [0.2, 0.25) is 5.91 Å². The normalized spacial score (nSPS) is 17.2. The first kappa shape index (κ1) is 49.5. The summed E-state index contributed by atoms with van der Waals surface area (Å²) in [6.07, 6.45) is 15.9. The molecule has 6 rings (SSSR count). The fourth-order valence-electron chi connectivity index (χ4n) is 7.99. The van der Waals surface area contributed by atoms with Gasteiger partial charge in [0.05, 0.1) is 25.6 Å². The number of ether oxygens (including phenoxy) is 2. The second-order valence-electron chi connectivity index (χ2n) is 17.8. The lowest BCUT2D eigenvalue weighted by Crippen LogP contribution is -2.42. The Kier molecular flexibility index (Phi) is 21.4. The van der Waals surface area contributed by atoms with Gasteiger partial charge in [0, 0.05) is 36.1 Å². The van der Waals surface area contributed by atoms with E-state index in [1.165, 1.54) is 54.6 Å². The molecule has 0 bridgehead atoms. The molecule has 340 valence electrons. The summed E-state index contributed by atoms with van der Waals surface area (Å²) in [4.78, 5) is 60.0. The second-order valence-corrected chi connectivity index (χ2v) is 17.8. The Labute approximate surface area is 364 Å². The van der Waals surface area contributed by atoms with Gasteiger partial charge in [-0.25, -0.2) is 4.98 Å². The van der Waals surface area contributed by atoms with Crippen LogP contribution in [0.4, 0.5) is 5.82 Å². The number of carboxylic acid groups (broad SMARTS) is 1. The van der Waals surface area contributed by atoms with Gasteiger partial charge in [-0.1, -0.05) is 25.5 Å². The third kappa shape index (κ3) is 18.8. The van der Waals surface area contributed by atoms with Crippen LogP contribution in [0.3, 0.4) is 0 Å². The zero-order valence-electron chi connectivity index (χ0n) is 37.6. The average Bonchev–Trinajstić information content (AvgIpc) is 3.24. The Morgan fingerprint density at radius 1 is 0.803 bits per heavy atom. The largest absolute Gasteiger partial charge is 0.481 e. The molecule has 0 saturated carbocycles. The molecular formula is C47H75N7O7. The Bertz CT molecular complexity index is 1670. The number of likely N-dealkylation sites (tertiary alicyclic amines) is 2. The molecule has 1 aliphatic carbocycles. The number of nitrogens with zero attached hydrogens (tertiary/aromatic N) is 4. The minimum Gasteiger partial charge on any atom is -0.481 e. The van der Waals surface area contributed by atoms with Crippen molar-refractivity contribution in [3.63, 3.8) is 0 Å². The molecule has 1 amide bonds. The number of carboxylic acids is 1. The molecule has 14 nitrogen and oxygen atoms in total. The Balaban J connectivity index is 0.000000222. The Hall–Kier alpha value is -4.14. The number of aryl methyl sites for hydroxylation is 5. The van der Waals surface area contributed by atoms with E-state index in [0.29, 0.717) is 45.6 Å². The Morgan fingerprint density at radius 3 is 2.07 bits per heavy atom. The fourth-order valence-corrected chi connectivity index (χ4v) is 7.99. The van der Waals surface area contributed by atoms with Crippen LogP contribution in [0.25, 0.3) is 0 Å². The maximum atomic E-state index is 12.5. The lowest BCUT2D eigenvalue weighted by Gasteiger charge is -2.30. The first-order valence-corrected chi connectivity index (χ1v) is 23.1. The number of esters is 2. The number of aliphatic carboxylic acids is 1. The second kappa shape index (κ2) is 26.4. The molecule has 4 aliphatic rings. The summed E-state index contributed by atoms with van der Waals surface area (Å²) in [7, 11) is 0. The molecule has 0 radical (unpaired) electrons. The van der Waals surface area contributed by atoms with Gasteiger partial charge in [0.15, 0.2) is 0 Å². The number of anilines is 1. The van der Waals surface area contributed by atoms with Gasteiger partial charge in [0.25, 0.3) is 0 Å². The summed E-state index contributed by atoms with van der Waals surface area (Å²) in [6, 6.07) is 8.71. The number of hydrogen-bond acceptors (Lipinski definition) is 12. The van der Waals surface area contributed by atoms with Crippen molar-refractivity contribution in [3.05, 3.63) is 52.5 Å². The van der Waals surface area contributed by atoms with Crippen molar-refractivity contribution in [1.82, 2.24) is 25.1 Å². The summed E-state index contributed by atoms with van der Waals surface area (Å²) in [5.41, 5.74) is 11.4. The molecule has 5 N–H and O–H groups in total. The molecule has 0 aromatic carbocycles. The third-order valence-electron chi connectivity index (χ3n) is 11.5. The average molecular weight is 850 g/mol. The number of rotatable bonds is 16. The highest BCUT2D eigenvalue weighted by molar-refractivity contribution is 5.78. The van der Waals surface area contributed by atoms with E-state index in [0.717, 1.165) is 95.5 Å². The summed E-state index contributed by atoms with van der Waals surface area (Å²) >= 11 is 0. The smallest absolute Gasteiger partial charge is 0.320 e. The predicted octanol–water partition coefficient (Wildman–Crippen LogP) is 5.52. The van der Waals surface area contributed by atoms with Crippen LogP contribution in [0.1, 0.15) is 127 Å². The van der Waals surface area contributed by atoms with Crippen molar-refractivity contribution >= 4 is 29.6 Å². The first-order chi connectivity index (χ1) is 29.3. The van der Waals surface area contributed by atoms with Crippen LogP contribution in [0.5, 0.6) is 0 Å². The number of carbonyl (C=O) groups excluding carboxylic acids is 3. The van der Waals surface area contributed by atoms with Crippen molar-refractivity contribution in [2.24, 2.45) is 17.6 Å². The maximum absolute atomic E-state index is 12.5. The maximum Gasteiger partial charge on any atom is 0.320 e. The minimum atomic E-state index is -0.734. The summed E-state index contributed by atoms with van der Waals surface area (Å²) in [5.74, 6) is -0.178. The highest BCUT2D eigenvalue weighted by Crippen LogP contribution is 2.22. The molecule has 2 aromatic heterocycles. The van der Waals surface area contributed by atoms with E-state index in [-0.39, 0.29) is 36.2 Å². The van der Waals surface area contributed by atoms with E-state index in [1.54, 1.807) is 0 Å². The summed E-state index contributed by atoms with van der Waals surface area (Å²) in [5, 5.41) is 15.3. The van der Waals surface area contributed by atoms with Gasteiger partial charge < -0.3 is 30.9 Å². The van der Waals surface area contributed by atoms with E-state index in [4.69, 9.17) is 30.3 Å². The van der Waals surface area contributed by atoms with Gasteiger partial charge in [-0.3, -0.25) is 34.0 Å². The molecule has 2 fully saturated rings. The van der Waals surface area contributed by atoms with Gasteiger partial charge in [-0.2, -0.15) is 0 Å². The van der Waals surface area contributed by atoms with E-state index in [2.05, 4.69) is 46.7 Å². The molecular weight excluding hydrogens is 775 g/mol. The lowest BCUT2D eigenvalue weighted by molar-refractivity contribution is -0.156. The first-order valence-electron chi connectivity index (χ1n) is 23.1. The molecule has 2 saturated heterocycles. The summed E-state index contributed by atoms with van der Waals surface area (Å²) < 4.78 is 10.4. The number of amides is 1. The van der Waals surface area contributed by atoms with Crippen LogP contribution in [-0.4, -0.2) is 120 Å². The number of fused-ring (bicyclic) bond motifs is 2. The van der Waals surface area contributed by atoms with Crippen LogP contribution in [0, 0.1) is 11.8 Å². The van der Waals surface area contributed by atoms with Crippen LogP contribution in [-0.2, 0) is 60.8 Å². The highest BCUT2D eigenvalue weighted by atomic mass is 16.6. The van der Waals surface area contributed by atoms with Crippen molar-refractivity contribution in [2.45, 2.75) is 136 Å². The zero-order valence-corrected chi connectivity index (χ0v) is 37.6. The number of unbranched alkanes of at least 4 members (excludes halogenated alkanes) is 1. The van der Waals surface area contributed by atoms with E-state index < -0.39 is 11.6 Å². The van der Waals surface area contributed by atoms with Gasteiger partial charge >= 0.3 is 17.9 Å². The number of aromatic nitrogens is 2. The van der Waals surface area contributed by atoms with Crippen LogP contribution >= 0.6 is 0 Å². The van der Waals surface area contributed by atoms with Crippen molar-refractivity contribution in [3.8, 4) is 0 Å².